The van der Waals surface area contributed by atoms with Gasteiger partial charge in [-0.3, -0.25) is 14.4 Å². The number of nitrogens with zero attached hydrogens (tertiary/aromatic N) is 1. The number of rotatable bonds is 11. The Balaban J connectivity index is 1.98. The first-order valence-corrected chi connectivity index (χ1v) is 12.0. The SMILES string of the molecule is CC(=O)SC(CCc1ccccc1)C(=O)NC(C)C(=O)N(CCc1ccccc1)C(C)C. The quantitative estimate of drug-likeness (QED) is 0.551. The number of benzene rings is 2. The molecule has 0 fully saturated rings. The maximum absolute atomic E-state index is 13.1. The van der Waals surface area contributed by atoms with E-state index >= 15 is 0 Å². The molecule has 2 amide bonds. The maximum Gasteiger partial charge on any atom is 0.245 e. The van der Waals surface area contributed by atoms with Gasteiger partial charge in [-0.25, -0.2) is 0 Å². The minimum Gasteiger partial charge on any atom is -0.344 e. The van der Waals surface area contributed by atoms with Gasteiger partial charge in [0.1, 0.15) is 6.04 Å². The zero-order chi connectivity index (χ0) is 23.5. The molecule has 0 aromatic heterocycles. The van der Waals surface area contributed by atoms with E-state index in [-0.39, 0.29) is 23.0 Å². The number of carbonyl (C=O) groups is 3. The van der Waals surface area contributed by atoms with E-state index in [1.807, 2.05) is 74.5 Å². The minimum absolute atomic E-state index is 0.0195. The third-order valence-corrected chi connectivity index (χ3v) is 6.32. The van der Waals surface area contributed by atoms with Gasteiger partial charge in [0.15, 0.2) is 5.12 Å². The fourth-order valence-electron chi connectivity index (χ4n) is 3.52. The van der Waals surface area contributed by atoms with Crippen LogP contribution in [0.5, 0.6) is 0 Å². The Morgan fingerprint density at radius 3 is 1.91 bits per heavy atom. The van der Waals surface area contributed by atoms with Crippen molar-refractivity contribution in [3.63, 3.8) is 0 Å². The molecular formula is C26H34N2O3S. The summed E-state index contributed by atoms with van der Waals surface area (Å²) in [5.41, 5.74) is 2.28. The van der Waals surface area contributed by atoms with Gasteiger partial charge >= 0.3 is 0 Å². The summed E-state index contributed by atoms with van der Waals surface area (Å²) in [6, 6.07) is 19.3. The molecule has 172 valence electrons. The molecule has 0 saturated heterocycles. The van der Waals surface area contributed by atoms with E-state index in [0.717, 1.165) is 23.7 Å². The average Bonchev–Trinajstić information content (AvgIpc) is 2.77. The van der Waals surface area contributed by atoms with Crippen molar-refractivity contribution in [2.24, 2.45) is 0 Å². The molecule has 0 saturated carbocycles. The van der Waals surface area contributed by atoms with Gasteiger partial charge in [0.25, 0.3) is 0 Å². The highest BCUT2D eigenvalue weighted by atomic mass is 32.2. The summed E-state index contributed by atoms with van der Waals surface area (Å²) < 4.78 is 0. The second-order valence-corrected chi connectivity index (χ2v) is 9.59. The Kier molecular flexibility index (Phi) is 10.5. The Morgan fingerprint density at radius 1 is 0.875 bits per heavy atom. The third-order valence-electron chi connectivity index (χ3n) is 5.26. The summed E-state index contributed by atoms with van der Waals surface area (Å²) in [6.45, 7) is 7.72. The van der Waals surface area contributed by atoms with Crippen molar-refractivity contribution in [3.8, 4) is 0 Å². The lowest BCUT2D eigenvalue weighted by Gasteiger charge is -2.30. The van der Waals surface area contributed by atoms with Gasteiger partial charge in [0.2, 0.25) is 11.8 Å². The fraction of sp³-hybridized carbons (Fsp3) is 0.423. The van der Waals surface area contributed by atoms with Gasteiger partial charge in [-0.2, -0.15) is 0 Å². The predicted molar refractivity (Wildman–Crippen MR) is 131 cm³/mol. The van der Waals surface area contributed by atoms with Crippen LogP contribution in [0.2, 0.25) is 0 Å². The largest absolute Gasteiger partial charge is 0.344 e. The Hall–Kier alpha value is -2.60. The van der Waals surface area contributed by atoms with E-state index in [2.05, 4.69) is 5.32 Å². The van der Waals surface area contributed by atoms with Crippen LogP contribution in [0.15, 0.2) is 60.7 Å². The van der Waals surface area contributed by atoms with Gasteiger partial charge in [-0.1, -0.05) is 72.4 Å². The number of aryl methyl sites for hydroxylation is 1. The molecule has 2 aromatic carbocycles. The third kappa shape index (κ3) is 8.50. The van der Waals surface area contributed by atoms with Crippen molar-refractivity contribution in [3.05, 3.63) is 71.8 Å². The van der Waals surface area contributed by atoms with Crippen LogP contribution in [-0.4, -0.2) is 45.7 Å². The molecule has 2 atom stereocenters. The summed E-state index contributed by atoms with van der Waals surface area (Å²) in [5, 5.41) is 2.22. The molecule has 0 aliphatic rings. The molecular weight excluding hydrogens is 420 g/mol. The Labute approximate surface area is 196 Å². The van der Waals surface area contributed by atoms with Gasteiger partial charge in [-0.05, 0) is 51.2 Å². The number of amides is 2. The maximum atomic E-state index is 13.1. The van der Waals surface area contributed by atoms with Gasteiger partial charge in [0.05, 0.1) is 5.25 Å². The van der Waals surface area contributed by atoms with E-state index < -0.39 is 11.3 Å². The smallest absolute Gasteiger partial charge is 0.245 e. The molecule has 0 spiro atoms. The van der Waals surface area contributed by atoms with Crippen LogP contribution in [-0.2, 0) is 27.2 Å². The molecule has 5 nitrogen and oxygen atoms in total. The Morgan fingerprint density at radius 2 is 1.41 bits per heavy atom. The summed E-state index contributed by atoms with van der Waals surface area (Å²) in [6.07, 6.45) is 1.98. The number of carbonyl (C=O) groups excluding carboxylic acids is 3. The van der Waals surface area contributed by atoms with Gasteiger partial charge < -0.3 is 10.2 Å². The van der Waals surface area contributed by atoms with Crippen molar-refractivity contribution in [2.45, 2.75) is 64.3 Å². The van der Waals surface area contributed by atoms with E-state index in [9.17, 15) is 14.4 Å². The van der Waals surface area contributed by atoms with Crippen molar-refractivity contribution < 1.29 is 14.4 Å². The summed E-state index contributed by atoms with van der Waals surface area (Å²) in [7, 11) is 0. The number of thioether (sulfide) groups is 1. The first-order chi connectivity index (χ1) is 15.3. The van der Waals surface area contributed by atoms with Crippen LogP contribution < -0.4 is 5.32 Å². The highest BCUT2D eigenvalue weighted by Gasteiger charge is 2.28. The lowest BCUT2D eigenvalue weighted by molar-refractivity contribution is -0.137. The molecule has 1 N–H and O–H groups in total. The number of hydrogen-bond donors (Lipinski definition) is 1. The van der Waals surface area contributed by atoms with Crippen LogP contribution in [0.4, 0.5) is 0 Å². The molecule has 6 heteroatoms. The fourth-order valence-corrected chi connectivity index (χ4v) is 4.33. The van der Waals surface area contributed by atoms with Crippen molar-refractivity contribution in [2.75, 3.05) is 6.54 Å². The number of hydrogen-bond acceptors (Lipinski definition) is 4. The normalized spacial score (nSPS) is 12.8. The van der Waals surface area contributed by atoms with Crippen molar-refractivity contribution >= 4 is 28.7 Å². The first-order valence-electron chi connectivity index (χ1n) is 11.1. The summed E-state index contributed by atoms with van der Waals surface area (Å²) in [5.74, 6) is -0.382. The highest BCUT2D eigenvalue weighted by Crippen LogP contribution is 2.19. The standard InChI is InChI=1S/C26H34N2O3S/c1-19(2)28(18-17-23-13-9-6-10-14-23)26(31)20(3)27-25(30)24(32-21(4)29)16-15-22-11-7-5-8-12-22/h5-14,19-20,24H,15-18H2,1-4H3,(H,27,30). The van der Waals surface area contributed by atoms with E-state index in [0.29, 0.717) is 19.4 Å². The molecule has 2 rings (SSSR count). The van der Waals surface area contributed by atoms with E-state index in [1.54, 1.807) is 11.8 Å². The minimum atomic E-state index is -0.660. The van der Waals surface area contributed by atoms with Crippen LogP contribution in [0, 0.1) is 0 Å². The first kappa shape index (κ1) is 25.7. The Bertz CT molecular complexity index is 871. The van der Waals surface area contributed by atoms with Crippen LogP contribution in [0.3, 0.4) is 0 Å². The predicted octanol–water partition coefficient (Wildman–Crippen LogP) is 4.25. The summed E-state index contributed by atoms with van der Waals surface area (Å²) >= 11 is 1.03. The second-order valence-electron chi connectivity index (χ2n) is 8.21. The van der Waals surface area contributed by atoms with Crippen LogP contribution in [0.25, 0.3) is 0 Å². The molecule has 0 bridgehead atoms. The van der Waals surface area contributed by atoms with Gasteiger partial charge in [-0.15, -0.1) is 0 Å². The molecule has 0 aliphatic carbocycles. The molecule has 0 aliphatic heterocycles. The lowest BCUT2D eigenvalue weighted by atomic mass is 10.1. The van der Waals surface area contributed by atoms with Gasteiger partial charge in [0, 0.05) is 19.5 Å². The molecule has 2 aromatic rings. The van der Waals surface area contributed by atoms with Crippen LogP contribution >= 0.6 is 11.8 Å². The second kappa shape index (κ2) is 13.1. The molecule has 32 heavy (non-hydrogen) atoms. The van der Waals surface area contributed by atoms with E-state index in [4.69, 9.17) is 0 Å². The topological polar surface area (TPSA) is 66.5 Å². The zero-order valence-electron chi connectivity index (χ0n) is 19.4. The monoisotopic (exact) mass is 454 g/mol. The molecule has 2 unspecified atom stereocenters. The number of nitrogens with one attached hydrogen (secondary N) is 1. The average molecular weight is 455 g/mol. The zero-order valence-corrected chi connectivity index (χ0v) is 20.2. The summed E-state index contributed by atoms with van der Waals surface area (Å²) in [4.78, 5) is 39.6. The highest BCUT2D eigenvalue weighted by molar-refractivity contribution is 8.14. The van der Waals surface area contributed by atoms with Crippen molar-refractivity contribution in [1.82, 2.24) is 10.2 Å². The lowest BCUT2D eigenvalue weighted by Crippen LogP contribution is -2.51. The van der Waals surface area contributed by atoms with Crippen LogP contribution in [0.1, 0.15) is 45.2 Å². The molecule has 0 heterocycles. The van der Waals surface area contributed by atoms with Crippen molar-refractivity contribution in [1.29, 1.82) is 0 Å². The molecule has 0 radical (unpaired) electrons. The van der Waals surface area contributed by atoms with E-state index in [1.165, 1.54) is 12.5 Å².